The Labute approximate surface area is 774 Å². The van der Waals surface area contributed by atoms with Crippen molar-refractivity contribution >= 4 is 167 Å². The molecule has 14 rings (SSSR count). The van der Waals surface area contributed by atoms with Crippen LogP contribution < -0.4 is 30.7 Å². The van der Waals surface area contributed by atoms with Gasteiger partial charge in [0.05, 0.1) is 96.9 Å². The molecule has 135 heavy (non-hydrogen) atoms. The van der Waals surface area contributed by atoms with Gasteiger partial charge >= 0.3 is 0 Å². The monoisotopic (exact) mass is 1890 g/mol. The molecule has 0 radical (unpaired) electrons. The average Bonchev–Trinajstić information content (AvgIpc) is 0.818. The summed E-state index contributed by atoms with van der Waals surface area (Å²) in [4.78, 5) is 27.7. The molecular formula is C91H82N26O14S4. The predicted octanol–water partition coefficient (Wildman–Crippen LogP) is 25.0. The lowest BCUT2D eigenvalue weighted by Gasteiger charge is -2.15. The van der Waals surface area contributed by atoms with Crippen LogP contribution in [-0.4, -0.2) is 108 Å². The van der Waals surface area contributed by atoms with Crippen molar-refractivity contribution < 1.29 is 61.4 Å². The Morgan fingerprint density at radius 2 is 0.667 bits per heavy atom. The number of aromatic nitrogens is 6. The SMILES string of the molecule is CCOc1cc(N=Nc2ccc(N=Nc3ccccc3)cc2S(=O)(=O)O)c(C)cc1Cc1nc(Cc2ccc(N=Nc3ccc(N=Nc4ccc(S(=O)(=O)O)cc4)cc3)c(C)c2)nc(NCCCNc2nc(Nc3ccc(N=Nc4ccc(N=Nc5ccccc5)cc4S(=O)(=O)O)c(C)c3)nc(Nc3cc(OCC)c(N=Nc4ccc(N=Nc5ccc(S(=O)(=O)O)cc5)cc4)cc3C)n2)n1. The summed E-state index contributed by atoms with van der Waals surface area (Å²) in [6.07, 6.45) is 0.803. The highest BCUT2D eigenvalue weighted by Gasteiger charge is 2.23. The van der Waals surface area contributed by atoms with E-state index in [0.717, 1.165) is 23.3 Å². The van der Waals surface area contributed by atoms with Crippen molar-refractivity contribution in [3.8, 4) is 11.5 Å². The molecule has 2 heterocycles. The van der Waals surface area contributed by atoms with E-state index in [1.54, 1.807) is 147 Å². The van der Waals surface area contributed by atoms with E-state index in [-0.39, 0.29) is 88.9 Å². The van der Waals surface area contributed by atoms with E-state index in [0.29, 0.717) is 138 Å². The van der Waals surface area contributed by atoms with Crippen molar-refractivity contribution in [1.82, 2.24) is 29.9 Å². The molecule has 0 bridgehead atoms. The van der Waals surface area contributed by atoms with Gasteiger partial charge in [-0.2, -0.15) is 125 Å². The van der Waals surface area contributed by atoms with Gasteiger partial charge in [-0.15, -0.1) is 15.3 Å². The van der Waals surface area contributed by atoms with Crippen LogP contribution in [0, 0.1) is 27.7 Å². The molecule has 0 saturated heterocycles. The number of nitrogens with zero attached hydrogens (tertiary/aromatic N) is 22. The fourth-order valence-corrected chi connectivity index (χ4v) is 15.0. The fourth-order valence-electron chi connectivity index (χ4n) is 12.7. The predicted molar refractivity (Wildman–Crippen MR) is 505 cm³/mol. The molecule has 12 aromatic carbocycles. The van der Waals surface area contributed by atoms with Gasteiger partial charge in [0.25, 0.3) is 40.5 Å². The van der Waals surface area contributed by atoms with Crippen LogP contribution in [0.2, 0.25) is 0 Å². The molecule has 0 aliphatic heterocycles. The Morgan fingerprint density at radius 1 is 0.296 bits per heavy atom. The molecule has 0 unspecified atom stereocenters. The first-order valence-electron chi connectivity index (χ1n) is 41.1. The second-order valence-electron chi connectivity index (χ2n) is 29.5. The molecule has 0 amide bonds. The van der Waals surface area contributed by atoms with Crippen molar-refractivity contribution in [3.05, 3.63) is 300 Å². The Bertz CT molecular complexity index is 7460. The van der Waals surface area contributed by atoms with Crippen LogP contribution in [-0.2, 0) is 53.3 Å². The minimum absolute atomic E-state index is 0.0957. The molecule has 44 heteroatoms. The van der Waals surface area contributed by atoms with Crippen molar-refractivity contribution in [2.75, 3.05) is 47.6 Å². The number of benzene rings is 12. The van der Waals surface area contributed by atoms with Crippen molar-refractivity contribution in [2.24, 2.45) is 81.8 Å². The van der Waals surface area contributed by atoms with Gasteiger partial charge in [-0.1, -0.05) is 48.5 Å². The third-order valence-corrected chi connectivity index (χ3v) is 22.9. The van der Waals surface area contributed by atoms with E-state index in [4.69, 9.17) is 39.4 Å². The maximum atomic E-state index is 12.8. The molecule has 0 spiro atoms. The Hall–Kier alpha value is -16.1. The average molecular weight is 1890 g/mol. The maximum Gasteiger partial charge on any atom is 0.296 e. The first-order valence-corrected chi connectivity index (χ1v) is 46.9. The van der Waals surface area contributed by atoms with E-state index in [1.165, 1.54) is 72.8 Å². The minimum Gasteiger partial charge on any atom is -0.494 e. The maximum absolute atomic E-state index is 12.8. The molecule has 0 aliphatic carbocycles. The summed E-state index contributed by atoms with van der Waals surface area (Å²) in [5.41, 5.74) is 10.6. The number of nitrogens with one attached hydrogen (secondary N) is 4. The van der Waals surface area contributed by atoms with Crippen LogP contribution in [0.4, 0.5) is 126 Å². The molecule has 8 N–H and O–H groups in total. The molecule has 0 aliphatic rings. The summed E-state index contributed by atoms with van der Waals surface area (Å²) in [5, 5.41) is 82.1. The summed E-state index contributed by atoms with van der Waals surface area (Å²) in [5.74, 6) is 2.14. The zero-order valence-corrected chi connectivity index (χ0v) is 75.8. The molecule has 14 aromatic rings. The standard InChI is InChI=1S/C91H82N26O14S4/c1-7-130-82-55-80(116-115-78-43-35-72(53-85(78)135(127,128)129)111-103-63-18-13-10-14-19-63)57(4)47-61(82)51-87-96-86(50-60-20-40-75(56(3)46-60)112-108-66-25-21-64(22-26-66)104-106-68-29-36-73(37-30-68)132(118,119)120)97-88(98-87)92-44-15-45-93-89-99-90(94-70-33-41-76(58(5)48-70)113-114-77-42-34-71(52-84(77)134(124,125)126)110-102-62-16-11-9-12-17-62)101-91(100-89)95-79-54-83(131-8-2)81(49-59(79)6)117-109-67-27-23-65(24-28-67)105-107-69-31-38-74(39-32-69)133(121,122)123/h9-14,16-43,46-49,52-55H,7-8,15,44-45,50-51H2,1-6H3,(H,118,119,120)(H,121,122,123)(H,124,125,126)(H,127,128,129)(H,92,96,97,98)(H3,93,94,95,99,100,101). The second kappa shape index (κ2) is 43.3. The van der Waals surface area contributed by atoms with Gasteiger partial charge in [0.2, 0.25) is 23.8 Å². The van der Waals surface area contributed by atoms with Gasteiger partial charge < -0.3 is 30.7 Å². The quantitative estimate of drug-likeness (QED) is 0.0101. The largest absolute Gasteiger partial charge is 0.494 e. The van der Waals surface area contributed by atoms with Crippen molar-refractivity contribution in [3.63, 3.8) is 0 Å². The smallest absolute Gasteiger partial charge is 0.296 e. The fraction of sp³-hybridized carbons (Fsp3) is 0.143. The molecular weight excluding hydrogens is 1810 g/mol. The molecule has 684 valence electrons. The molecule has 2 aromatic heterocycles. The van der Waals surface area contributed by atoms with Gasteiger partial charge in [-0.25, -0.2) is 4.98 Å². The highest BCUT2D eigenvalue weighted by Crippen LogP contribution is 2.41. The third kappa shape index (κ3) is 27.1. The zero-order chi connectivity index (χ0) is 95.2. The number of ether oxygens (including phenoxy) is 2. The van der Waals surface area contributed by atoms with Crippen LogP contribution in [0.3, 0.4) is 0 Å². The molecule has 0 atom stereocenters. The minimum atomic E-state index is -4.83. The molecule has 0 fully saturated rings. The molecule has 0 saturated carbocycles. The summed E-state index contributed by atoms with van der Waals surface area (Å²) >= 11 is 0. The van der Waals surface area contributed by atoms with Crippen LogP contribution >= 0.6 is 0 Å². The second-order valence-corrected chi connectivity index (χ2v) is 35.1. The van der Waals surface area contributed by atoms with E-state index >= 15 is 0 Å². The lowest BCUT2D eigenvalue weighted by Crippen LogP contribution is -2.15. The summed E-state index contributed by atoms with van der Waals surface area (Å²) in [6.45, 7) is 12.0. The van der Waals surface area contributed by atoms with Crippen molar-refractivity contribution in [1.29, 1.82) is 0 Å². The van der Waals surface area contributed by atoms with E-state index in [2.05, 4.69) is 103 Å². The summed E-state index contributed by atoms with van der Waals surface area (Å²) in [6, 6.07) is 67.5. The number of hydrogen-bond donors (Lipinski definition) is 8. The normalized spacial score (nSPS) is 12.3. The lowest BCUT2D eigenvalue weighted by molar-refractivity contribution is 0.337. The summed E-state index contributed by atoms with van der Waals surface area (Å²) in [7, 11) is -18.4. The number of rotatable bonds is 38. The topological polar surface area (TPSA) is 559 Å². The van der Waals surface area contributed by atoms with Crippen molar-refractivity contribution in [2.45, 2.75) is 80.4 Å². The van der Waals surface area contributed by atoms with Crippen LogP contribution in [0.25, 0.3) is 0 Å². The Balaban J connectivity index is 0.718. The highest BCUT2D eigenvalue weighted by atomic mass is 32.2. The lowest BCUT2D eigenvalue weighted by atomic mass is 10.0. The van der Waals surface area contributed by atoms with E-state index in [9.17, 15) is 51.9 Å². The Morgan fingerprint density at radius 3 is 1.13 bits per heavy atom. The van der Waals surface area contributed by atoms with Crippen LogP contribution in [0.15, 0.2) is 356 Å². The Kier molecular flexibility index (Phi) is 30.5. The zero-order valence-electron chi connectivity index (χ0n) is 72.5. The highest BCUT2D eigenvalue weighted by molar-refractivity contribution is 7.86. The van der Waals surface area contributed by atoms with Crippen LogP contribution in [0.1, 0.15) is 65.3 Å². The number of aryl methyl sites for hydroxylation is 4. The van der Waals surface area contributed by atoms with Gasteiger partial charge in [0.15, 0.2) is 0 Å². The first kappa shape index (κ1) is 95.0. The van der Waals surface area contributed by atoms with Crippen LogP contribution in [0.5, 0.6) is 11.5 Å². The van der Waals surface area contributed by atoms with Gasteiger partial charge in [-0.05, 0) is 270 Å². The first-order chi connectivity index (χ1) is 64.8. The number of azo groups is 8. The number of anilines is 6. The van der Waals surface area contributed by atoms with Gasteiger partial charge in [0, 0.05) is 55.0 Å². The summed E-state index contributed by atoms with van der Waals surface area (Å²) < 4.78 is 149. The van der Waals surface area contributed by atoms with E-state index in [1.807, 2.05) is 64.1 Å². The number of hydrogen-bond acceptors (Lipinski definition) is 36. The molecule has 40 nitrogen and oxygen atoms in total. The van der Waals surface area contributed by atoms with Gasteiger partial charge in [0.1, 0.15) is 50.0 Å². The van der Waals surface area contributed by atoms with Gasteiger partial charge in [-0.3, -0.25) is 18.2 Å². The third-order valence-electron chi connectivity index (χ3n) is 19.4. The van der Waals surface area contributed by atoms with E-state index < -0.39 is 50.3 Å².